The highest BCUT2D eigenvalue weighted by atomic mass is 16.5. The van der Waals surface area contributed by atoms with Crippen LogP contribution in [0.1, 0.15) is 5.56 Å². The molecule has 3 aromatic carbocycles. The molecular weight excluding hydrogens is 340 g/mol. The Bertz CT molecular complexity index is 944. The number of fused-ring (bicyclic) bond motifs is 1. The first kappa shape index (κ1) is 18.2. The van der Waals surface area contributed by atoms with E-state index in [1.807, 2.05) is 66.7 Å². The molecule has 0 aliphatic rings. The average molecular weight is 360 g/mol. The summed E-state index contributed by atoms with van der Waals surface area (Å²) in [5.74, 6) is 1.09. The van der Waals surface area contributed by atoms with Gasteiger partial charge in [-0.05, 0) is 41.3 Å². The van der Waals surface area contributed by atoms with Crippen LogP contribution in [0.3, 0.4) is 0 Å². The maximum Gasteiger partial charge on any atom is 0.277 e. The van der Waals surface area contributed by atoms with Gasteiger partial charge in [0.1, 0.15) is 18.1 Å². The Morgan fingerprint density at radius 1 is 1.00 bits per heavy atom. The van der Waals surface area contributed by atoms with Crippen LogP contribution in [-0.2, 0) is 4.79 Å². The van der Waals surface area contributed by atoms with E-state index in [0.717, 1.165) is 22.1 Å². The fourth-order valence-corrected chi connectivity index (χ4v) is 2.48. The Balaban J connectivity index is 1.50. The van der Waals surface area contributed by atoms with Gasteiger partial charge in [0.05, 0.1) is 6.21 Å². The molecule has 0 bridgehead atoms. The summed E-state index contributed by atoms with van der Waals surface area (Å²) in [5, 5.41) is 5.98. The molecule has 3 aromatic rings. The summed E-state index contributed by atoms with van der Waals surface area (Å²) in [5.41, 5.74) is 3.30. The summed E-state index contributed by atoms with van der Waals surface area (Å²) in [6.45, 7) is 3.95. The van der Waals surface area contributed by atoms with E-state index in [-0.39, 0.29) is 12.5 Å². The highest BCUT2D eigenvalue weighted by molar-refractivity contribution is 5.89. The first-order valence-electron chi connectivity index (χ1n) is 8.52. The van der Waals surface area contributed by atoms with Crippen LogP contribution in [0, 0.1) is 0 Å². The van der Waals surface area contributed by atoms with Crippen molar-refractivity contribution in [2.75, 3.05) is 13.2 Å². The van der Waals surface area contributed by atoms with E-state index in [4.69, 9.17) is 9.47 Å². The molecule has 5 heteroatoms. The molecule has 0 saturated carbocycles. The van der Waals surface area contributed by atoms with Gasteiger partial charge in [-0.25, -0.2) is 5.43 Å². The molecule has 5 nitrogen and oxygen atoms in total. The Hall–Kier alpha value is -3.60. The van der Waals surface area contributed by atoms with Gasteiger partial charge < -0.3 is 9.47 Å². The van der Waals surface area contributed by atoms with Gasteiger partial charge in [0.2, 0.25) is 0 Å². The lowest BCUT2D eigenvalue weighted by Crippen LogP contribution is -2.24. The van der Waals surface area contributed by atoms with E-state index in [1.54, 1.807) is 12.3 Å². The molecule has 0 aliphatic carbocycles. The number of ether oxygens (including phenoxy) is 2. The Morgan fingerprint density at radius 3 is 2.59 bits per heavy atom. The third kappa shape index (κ3) is 5.19. The smallest absolute Gasteiger partial charge is 0.277 e. The minimum absolute atomic E-state index is 0.111. The molecular formula is C22H20N2O3. The molecule has 0 aliphatic heterocycles. The summed E-state index contributed by atoms with van der Waals surface area (Å²) < 4.78 is 11.0. The van der Waals surface area contributed by atoms with E-state index < -0.39 is 0 Å². The number of nitrogens with one attached hydrogen (secondary N) is 1. The molecule has 0 radical (unpaired) electrons. The van der Waals surface area contributed by atoms with Crippen molar-refractivity contribution < 1.29 is 14.3 Å². The minimum atomic E-state index is -0.329. The Morgan fingerprint density at radius 2 is 1.78 bits per heavy atom. The van der Waals surface area contributed by atoms with Crippen LogP contribution in [0.5, 0.6) is 11.5 Å². The fraction of sp³-hybridized carbons (Fsp3) is 0.0909. The molecule has 0 saturated heterocycles. The van der Waals surface area contributed by atoms with Crippen LogP contribution in [0.15, 0.2) is 84.5 Å². The normalized spacial score (nSPS) is 10.7. The summed E-state index contributed by atoms with van der Waals surface area (Å²) >= 11 is 0. The van der Waals surface area contributed by atoms with Gasteiger partial charge in [0, 0.05) is 5.39 Å². The third-order valence-electron chi connectivity index (χ3n) is 3.76. The van der Waals surface area contributed by atoms with Gasteiger partial charge in [0.25, 0.3) is 5.91 Å². The maximum atomic E-state index is 11.9. The van der Waals surface area contributed by atoms with E-state index in [9.17, 15) is 4.79 Å². The van der Waals surface area contributed by atoms with Crippen LogP contribution in [-0.4, -0.2) is 25.3 Å². The van der Waals surface area contributed by atoms with Gasteiger partial charge in [-0.2, -0.15) is 5.10 Å². The van der Waals surface area contributed by atoms with Crippen molar-refractivity contribution in [1.29, 1.82) is 0 Å². The summed E-state index contributed by atoms with van der Waals surface area (Å²) in [6, 6.07) is 21.0. The molecule has 0 atom stereocenters. The van der Waals surface area contributed by atoms with Crippen molar-refractivity contribution in [3.8, 4) is 11.5 Å². The highest BCUT2D eigenvalue weighted by Gasteiger charge is 2.04. The summed E-state index contributed by atoms with van der Waals surface area (Å²) in [7, 11) is 0. The monoisotopic (exact) mass is 360 g/mol. The molecule has 27 heavy (non-hydrogen) atoms. The molecule has 0 fully saturated rings. The number of hydrogen-bond acceptors (Lipinski definition) is 4. The first-order chi connectivity index (χ1) is 13.3. The second kappa shape index (κ2) is 9.20. The third-order valence-corrected chi connectivity index (χ3v) is 3.76. The quantitative estimate of drug-likeness (QED) is 0.376. The predicted molar refractivity (Wildman–Crippen MR) is 107 cm³/mol. The van der Waals surface area contributed by atoms with Gasteiger partial charge in [-0.15, -0.1) is 0 Å². The van der Waals surface area contributed by atoms with E-state index in [1.165, 1.54) is 0 Å². The molecule has 0 spiro atoms. The van der Waals surface area contributed by atoms with Gasteiger partial charge in [-0.3, -0.25) is 4.79 Å². The molecule has 0 aromatic heterocycles. The van der Waals surface area contributed by atoms with Crippen LogP contribution in [0.4, 0.5) is 0 Å². The van der Waals surface area contributed by atoms with Gasteiger partial charge in [-0.1, -0.05) is 49.1 Å². The molecule has 3 rings (SSSR count). The first-order valence-corrected chi connectivity index (χ1v) is 8.52. The number of amides is 1. The van der Waals surface area contributed by atoms with Crippen LogP contribution < -0.4 is 14.9 Å². The fourth-order valence-electron chi connectivity index (χ4n) is 2.48. The van der Waals surface area contributed by atoms with E-state index in [2.05, 4.69) is 17.1 Å². The standard InChI is InChI=1S/C22H20N2O3/c1-2-14-26-19-12-10-17(11-13-19)15-23-24-22(25)16-27-21-9-5-7-18-6-3-4-8-20(18)21/h2-13,15H,1,14,16H2,(H,24,25)/b23-15+. The minimum Gasteiger partial charge on any atom is -0.490 e. The number of benzene rings is 3. The zero-order valence-electron chi connectivity index (χ0n) is 14.8. The van der Waals surface area contributed by atoms with Gasteiger partial charge in [0.15, 0.2) is 6.61 Å². The number of carbonyl (C=O) groups excluding carboxylic acids is 1. The second-order valence-corrected chi connectivity index (χ2v) is 5.73. The topological polar surface area (TPSA) is 59.9 Å². The lowest BCUT2D eigenvalue weighted by atomic mass is 10.1. The van der Waals surface area contributed by atoms with Crippen molar-refractivity contribution in [2.24, 2.45) is 5.10 Å². The number of hydrogen-bond donors (Lipinski definition) is 1. The van der Waals surface area contributed by atoms with Crippen molar-refractivity contribution >= 4 is 22.9 Å². The lowest BCUT2D eigenvalue weighted by Gasteiger charge is -2.08. The molecule has 0 heterocycles. The second-order valence-electron chi connectivity index (χ2n) is 5.73. The Labute approximate surface area is 157 Å². The summed E-state index contributed by atoms with van der Waals surface area (Å²) in [4.78, 5) is 11.9. The zero-order chi connectivity index (χ0) is 18.9. The van der Waals surface area contributed by atoms with Crippen molar-refractivity contribution in [1.82, 2.24) is 5.43 Å². The lowest BCUT2D eigenvalue weighted by molar-refractivity contribution is -0.123. The van der Waals surface area contributed by atoms with Crippen molar-refractivity contribution in [3.63, 3.8) is 0 Å². The Kier molecular flexibility index (Phi) is 6.20. The van der Waals surface area contributed by atoms with E-state index in [0.29, 0.717) is 12.4 Å². The van der Waals surface area contributed by atoms with Gasteiger partial charge >= 0.3 is 0 Å². The van der Waals surface area contributed by atoms with Crippen LogP contribution in [0.2, 0.25) is 0 Å². The maximum absolute atomic E-state index is 11.9. The SMILES string of the molecule is C=CCOc1ccc(/C=N/NC(=O)COc2cccc3ccccc23)cc1. The average Bonchev–Trinajstić information content (AvgIpc) is 2.71. The predicted octanol–water partition coefficient (Wildman–Crippen LogP) is 3.93. The number of carbonyl (C=O) groups is 1. The summed E-state index contributed by atoms with van der Waals surface area (Å²) in [6.07, 6.45) is 3.25. The zero-order valence-corrected chi connectivity index (χ0v) is 14.8. The van der Waals surface area contributed by atoms with E-state index >= 15 is 0 Å². The largest absolute Gasteiger partial charge is 0.490 e. The highest BCUT2D eigenvalue weighted by Crippen LogP contribution is 2.24. The molecule has 1 N–H and O–H groups in total. The van der Waals surface area contributed by atoms with Crippen molar-refractivity contribution in [3.05, 3.63) is 84.9 Å². The molecule has 136 valence electrons. The number of rotatable bonds is 8. The molecule has 0 unspecified atom stereocenters. The van der Waals surface area contributed by atoms with Crippen LogP contribution in [0.25, 0.3) is 10.8 Å². The molecule has 1 amide bonds. The van der Waals surface area contributed by atoms with Crippen molar-refractivity contribution in [2.45, 2.75) is 0 Å². The number of hydrazone groups is 1. The number of nitrogens with zero attached hydrogens (tertiary/aromatic N) is 1. The van der Waals surface area contributed by atoms with Crippen LogP contribution >= 0.6 is 0 Å².